The summed E-state index contributed by atoms with van der Waals surface area (Å²) in [5, 5.41) is 4.86. The average molecular weight is 358 g/mol. The molecule has 1 unspecified atom stereocenters. The molecule has 4 nitrogen and oxygen atoms in total. The Balaban J connectivity index is 1.74. The summed E-state index contributed by atoms with van der Waals surface area (Å²) >= 11 is 12.1. The van der Waals surface area contributed by atoms with E-state index in [2.05, 4.69) is 15.2 Å². The Morgan fingerprint density at radius 1 is 1.43 bits per heavy atom. The van der Waals surface area contributed by atoms with Crippen molar-refractivity contribution < 1.29 is 4.74 Å². The number of nitrogens with one attached hydrogen (secondary N) is 1. The van der Waals surface area contributed by atoms with Gasteiger partial charge in [0.1, 0.15) is 0 Å². The summed E-state index contributed by atoms with van der Waals surface area (Å²) in [4.78, 5) is 6.69. The van der Waals surface area contributed by atoms with Crippen LogP contribution in [0, 0.1) is 5.92 Å². The first-order chi connectivity index (χ1) is 11.1. The van der Waals surface area contributed by atoms with Gasteiger partial charge in [0.2, 0.25) is 0 Å². The lowest BCUT2D eigenvalue weighted by atomic mass is 10.1. The SMILES string of the molecule is CN=C(NCCCc1ccc(Cl)cc1Cl)N1CCC(COC)C1. The molecule has 1 aliphatic heterocycles. The molecule has 1 aromatic carbocycles. The first-order valence-corrected chi connectivity index (χ1v) is 8.78. The van der Waals surface area contributed by atoms with E-state index in [-0.39, 0.29) is 0 Å². The highest BCUT2D eigenvalue weighted by atomic mass is 35.5. The molecule has 0 saturated carbocycles. The third-order valence-electron chi connectivity index (χ3n) is 4.12. The number of hydrogen-bond acceptors (Lipinski definition) is 2. The molecule has 0 aromatic heterocycles. The molecule has 1 fully saturated rings. The number of benzene rings is 1. The fourth-order valence-electron chi connectivity index (χ4n) is 2.93. The molecular weight excluding hydrogens is 333 g/mol. The molecule has 2 rings (SSSR count). The molecule has 1 atom stereocenters. The molecule has 0 aliphatic carbocycles. The quantitative estimate of drug-likeness (QED) is 0.481. The Hall–Kier alpha value is -0.970. The number of rotatable bonds is 6. The monoisotopic (exact) mass is 357 g/mol. The molecular formula is C17H25Cl2N3O. The van der Waals surface area contributed by atoms with Crippen molar-refractivity contribution in [3.8, 4) is 0 Å². The van der Waals surface area contributed by atoms with E-state index in [1.807, 2.05) is 19.2 Å². The Bertz CT molecular complexity index is 537. The molecule has 1 aliphatic rings. The summed E-state index contributed by atoms with van der Waals surface area (Å²) in [5.74, 6) is 1.58. The van der Waals surface area contributed by atoms with Gasteiger partial charge in [0.25, 0.3) is 0 Å². The van der Waals surface area contributed by atoms with Crippen molar-refractivity contribution in [3.63, 3.8) is 0 Å². The minimum Gasteiger partial charge on any atom is -0.384 e. The Kier molecular flexibility index (Phi) is 7.47. The lowest BCUT2D eigenvalue weighted by molar-refractivity contribution is 0.157. The molecule has 1 heterocycles. The third-order valence-corrected chi connectivity index (χ3v) is 4.71. The lowest BCUT2D eigenvalue weighted by Gasteiger charge is -2.21. The van der Waals surface area contributed by atoms with Gasteiger partial charge in [0.05, 0.1) is 6.61 Å². The highest BCUT2D eigenvalue weighted by Gasteiger charge is 2.24. The van der Waals surface area contributed by atoms with Gasteiger partial charge in [0.15, 0.2) is 5.96 Å². The fraction of sp³-hybridized carbons (Fsp3) is 0.588. The molecule has 1 saturated heterocycles. The number of halogens is 2. The fourth-order valence-corrected chi connectivity index (χ4v) is 3.44. The number of aryl methyl sites for hydroxylation is 1. The third kappa shape index (κ3) is 5.55. The molecule has 0 amide bonds. The van der Waals surface area contributed by atoms with Gasteiger partial charge in [-0.2, -0.15) is 0 Å². The summed E-state index contributed by atoms with van der Waals surface area (Å²) in [6.45, 7) is 3.74. The van der Waals surface area contributed by atoms with E-state index in [4.69, 9.17) is 27.9 Å². The van der Waals surface area contributed by atoms with Gasteiger partial charge in [-0.05, 0) is 37.0 Å². The van der Waals surface area contributed by atoms with E-state index in [1.165, 1.54) is 0 Å². The molecule has 23 heavy (non-hydrogen) atoms. The molecule has 0 bridgehead atoms. The van der Waals surface area contributed by atoms with E-state index < -0.39 is 0 Å². The number of hydrogen-bond donors (Lipinski definition) is 1. The highest BCUT2D eigenvalue weighted by Crippen LogP contribution is 2.22. The summed E-state index contributed by atoms with van der Waals surface area (Å²) in [6, 6.07) is 5.68. The summed E-state index contributed by atoms with van der Waals surface area (Å²) in [7, 11) is 3.60. The smallest absolute Gasteiger partial charge is 0.193 e. The number of guanidine groups is 1. The van der Waals surface area contributed by atoms with Crippen molar-refractivity contribution >= 4 is 29.2 Å². The van der Waals surface area contributed by atoms with Gasteiger partial charge in [-0.25, -0.2) is 0 Å². The Morgan fingerprint density at radius 2 is 2.26 bits per heavy atom. The van der Waals surface area contributed by atoms with E-state index >= 15 is 0 Å². The molecule has 0 radical (unpaired) electrons. The number of likely N-dealkylation sites (tertiary alicyclic amines) is 1. The normalized spacial score (nSPS) is 18.5. The number of aliphatic imine (C=N–C) groups is 1. The van der Waals surface area contributed by atoms with Gasteiger partial charge in [-0.1, -0.05) is 29.3 Å². The predicted molar refractivity (Wildman–Crippen MR) is 97.7 cm³/mol. The van der Waals surface area contributed by atoms with Crippen LogP contribution in [0.5, 0.6) is 0 Å². The second-order valence-corrected chi connectivity index (χ2v) is 6.71. The van der Waals surface area contributed by atoms with E-state index in [0.717, 1.165) is 62.0 Å². The van der Waals surface area contributed by atoms with Gasteiger partial charge in [-0.15, -0.1) is 0 Å². The van der Waals surface area contributed by atoms with Crippen LogP contribution in [0.3, 0.4) is 0 Å². The van der Waals surface area contributed by atoms with Crippen molar-refractivity contribution in [2.45, 2.75) is 19.3 Å². The van der Waals surface area contributed by atoms with Crippen LogP contribution in [-0.2, 0) is 11.2 Å². The summed E-state index contributed by atoms with van der Waals surface area (Å²) in [5.41, 5.74) is 1.13. The van der Waals surface area contributed by atoms with Crippen LogP contribution >= 0.6 is 23.2 Å². The van der Waals surface area contributed by atoms with E-state index in [0.29, 0.717) is 10.9 Å². The first-order valence-electron chi connectivity index (χ1n) is 8.02. The molecule has 6 heteroatoms. The van der Waals surface area contributed by atoms with Crippen LogP contribution in [-0.4, -0.2) is 51.3 Å². The van der Waals surface area contributed by atoms with Crippen LogP contribution < -0.4 is 5.32 Å². The lowest BCUT2D eigenvalue weighted by Crippen LogP contribution is -2.40. The maximum atomic E-state index is 6.20. The maximum Gasteiger partial charge on any atom is 0.193 e. The zero-order valence-corrected chi connectivity index (χ0v) is 15.3. The van der Waals surface area contributed by atoms with Crippen LogP contribution in [0.25, 0.3) is 0 Å². The minimum atomic E-state index is 0.603. The molecule has 1 N–H and O–H groups in total. The number of nitrogens with zero attached hydrogens (tertiary/aromatic N) is 2. The second-order valence-electron chi connectivity index (χ2n) is 5.87. The topological polar surface area (TPSA) is 36.9 Å². The standard InChI is InChI=1S/C17H25Cl2N3O/c1-20-17(22-9-7-13(11-22)12-23-2)21-8-3-4-14-5-6-15(18)10-16(14)19/h5-6,10,13H,3-4,7-9,11-12H2,1-2H3,(H,20,21). The Labute approximate surface area is 148 Å². The van der Waals surface area contributed by atoms with Crippen LogP contribution in [0.2, 0.25) is 10.0 Å². The zero-order chi connectivity index (χ0) is 16.7. The van der Waals surface area contributed by atoms with Crippen molar-refractivity contribution in [1.82, 2.24) is 10.2 Å². The van der Waals surface area contributed by atoms with Gasteiger partial charge >= 0.3 is 0 Å². The van der Waals surface area contributed by atoms with Gasteiger partial charge in [-0.3, -0.25) is 4.99 Å². The molecule has 128 valence electrons. The van der Waals surface area contributed by atoms with E-state index in [9.17, 15) is 0 Å². The van der Waals surface area contributed by atoms with E-state index in [1.54, 1.807) is 13.2 Å². The van der Waals surface area contributed by atoms with Gasteiger partial charge in [0, 0.05) is 49.8 Å². The van der Waals surface area contributed by atoms with Crippen molar-refractivity contribution in [2.75, 3.05) is 40.4 Å². The number of methoxy groups -OCH3 is 1. The van der Waals surface area contributed by atoms with Crippen molar-refractivity contribution in [2.24, 2.45) is 10.9 Å². The largest absolute Gasteiger partial charge is 0.384 e. The summed E-state index contributed by atoms with van der Waals surface area (Å²) < 4.78 is 5.25. The summed E-state index contributed by atoms with van der Waals surface area (Å²) in [6.07, 6.45) is 3.08. The van der Waals surface area contributed by atoms with Crippen LogP contribution in [0.15, 0.2) is 23.2 Å². The van der Waals surface area contributed by atoms with Crippen molar-refractivity contribution in [3.05, 3.63) is 33.8 Å². The first kappa shape index (κ1) is 18.4. The zero-order valence-electron chi connectivity index (χ0n) is 13.8. The predicted octanol–water partition coefficient (Wildman–Crippen LogP) is 3.47. The van der Waals surface area contributed by atoms with Crippen LogP contribution in [0.1, 0.15) is 18.4 Å². The highest BCUT2D eigenvalue weighted by molar-refractivity contribution is 6.35. The van der Waals surface area contributed by atoms with Gasteiger partial charge < -0.3 is 15.0 Å². The average Bonchev–Trinajstić information content (AvgIpc) is 2.98. The second kappa shape index (κ2) is 9.36. The number of ether oxygens (including phenoxy) is 1. The molecule has 1 aromatic rings. The van der Waals surface area contributed by atoms with Crippen LogP contribution in [0.4, 0.5) is 0 Å². The van der Waals surface area contributed by atoms with Crippen molar-refractivity contribution in [1.29, 1.82) is 0 Å². The molecule has 0 spiro atoms. The Morgan fingerprint density at radius 3 is 2.96 bits per heavy atom. The maximum absolute atomic E-state index is 6.20. The minimum absolute atomic E-state index is 0.603.